The molecule has 0 spiro atoms. The number of unbranched alkanes of at least 4 members (excludes halogenated alkanes) is 7. The van der Waals surface area contributed by atoms with Crippen molar-refractivity contribution in [3.8, 4) is 0 Å². The summed E-state index contributed by atoms with van der Waals surface area (Å²) in [6.07, 6.45) is 11.2. The Labute approximate surface area is 99.4 Å². The Morgan fingerprint density at radius 2 is 1.53 bits per heavy atom. The van der Waals surface area contributed by atoms with Crippen LogP contribution in [0.1, 0.15) is 71.6 Å². The average Bonchev–Trinajstić information content (AvgIpc) is 2.22. The second-order valence-corrected chi connectivity index (χ2v) is 5.11. The van der Waals surface area contributed by atoms with Crippen LogP contribution in [0.2, 0.25) is 0 Å². The van der Waals surface area contributed by atoms with Crippen molar-refractivity contribution in [2.24, 2.45) is 0 Å². The highest BCUT2D eigenvalue weighted by molar-refractivity contribution is 8.15. The highest BCUT2D eigenvalue weighted by Gasteiger charge is 2.00. The number of hydrogen-bond acceptors (Lipinski definition) is 2. The fourth-order valence-corrected chi connectivity index (χ4v) is 2.12. The summed E-state index contributed by atoms with van der Waals surface area (Å²) in [5.74, 6) is 1.87. The zero-order chi connectivity index (χ0) is 11.4. The Balaban J connectivity index is 3.01. The molecule has 0 aliphatic heterocycles. The normalized spacial score (nSPS) is 10.5. The smallest absolute Gasteiger partial charge is 0.189 e. The van der Waals surface area contributed by atoms with Crippen LogP contribution in [0.5, 0.6) is 0 Å². The largest absolute Gasteiger partial charge is 0.287 e. The van der Waals surface area contributed by atoms with Gasteiger partial charge < -0.3 is 0 Å². The molecule has 0 atom stereocenters. The van der Waals surface area contributed by atoms with Crippen LogP contribution in [0.15, 0.2) is 0 Å². The molecule has 0 aromatic carbocycles. The first-order chi connectivity index (χ1) is 7.31. The van der Waals surface area contributed by atoms with Gasteiger partial charge in [0.25, 0.3) is 0 Å². The van der Waals surface area contributed by atoms with Gasteiger partial charge in [0.1, 0.15) is 0 Å². The van der Waals surface area contributed by atoms with Crippen molar-refractivity contribution in [2.75, 3.05) is 0 Å². The Kier molecular flexibility index (Phi) is 12.1. The molecule has 0 heterocycles. The third kappa shape index (κ3) is 11.9. The minimum Gasteiger partial charge on any atom is -0.287 e. The van der Waals surface area contributed by atoms with Crippen molar-refractivity contribution in [3.63, 3.8) is 0 Å². The summed E-state index contributed by atoms with van der Waals surface area (Å²) in [5, 5.41) is 0.323. The quantitative estimate of drug-likeness (QED) is 0.493. The molecule has 15 heavy (non-hydrogen) atoms. The molecule has 2 heteroatoms. The third-order valence-corrected chi connectivity index (χ3v) is 3.19. The first-order valence-electron chi connectivity index (χ1n) is 6.28. The van der Waals surface area contributed by atoms with E-state index in [2.05, 4.69) is 6.92 Å². The molecule has 0 amide bonds. The van der Waals surface area contributed by atoms with Gasteiger partial charge in [-0.2, -0.15) is 0 Å². The summed E-state index contributed by atoms with van der Waals surface area (Å²) >= 11 is 1.34. The van der Waals surface area contributed by atoms with E-state index in [1.54, 1.807) is 0 Å². The lowest BCUT2D eigenvalue weighted by Crippen LogP contribution is -1.90. The van der Waals surface area contributed by atoms with Gasteiger partial charge in [0.15, 0.2) is 5.12 Å². The fraction of sp³-hybridized carbons (Fsp3) is 0.846. The van der Waals surface area contributed by atoms with Gasteiger partial charge >= 0.3 is 0 Å². The minimum absolute atomic E-state index is 0.323. The molecule has 89 valence electrons. The van der Waals surface area contributed by atoms with Gasteiger partial charge in [-0.15, -0.1) is 0 Å². The van der Waals surface area contributed by atoms with Crippen LogP contribution in [0, 0.1) is 5.75 Å². The van der Waals surface area contributed by atoms with E-state index in [-0.39, 0.29) is 0 Å². The highest BCUT2D eigenvalue weighted by atomic mass is 32.2. The van der Waals surface area contributed by atoms with Crippen molar-refractivity contribution < 1.29 is 4.79 Å². The maximum Gasteiger partial charge on any atom is 0.189 e. The number of carbonyl (C=O) groups is 1. The van der Waals surface area contributed by atoms with Crippen LogP contribution >= 0.6 is 11.8 Å². The number of hydrogen-bond donors (Lipinski definition) is 0. The van der Waals surface area contributed by atoms with E-state index in [1.165, 1.54) is 56.7 Å². The van der Waals surface area contributed by atoms with E-state index in [0.29, 0.717) is 5.12 Å². The lowest BCUT2D eigenvalue weighted by atomic mass is 10.1. The SMILES string of the molecule is C[CH]SC(=O)CCCCCCCCCC. The van der Waals surface area contributed by atoms with Gasteiger partial charge in [-0.05, 0) is 6.42 Å². The van der Waals surface area contributed by atoms with Crippen molar-refractivity contribution in [1.29, 1.82) is 0 Å². The molecular formula is C13H25OS. The Morgan fingerprint density at radius 1 is 1.00 bits per heavy atom. The molecule has 0 saturated heterocycles. The van der Waals surface area contributed by atoms with E-state index in [0.717, 1.165) is 12.8 Å². The molecule has 0 bridgehead atoms. The third-order valence-electron chi connectivity index (χ3n) is 2.48. The van der Waals surface area contributed by atoms with Crippen LogP contribution in [0.3, 0.4) is 0 Å². The van der Waals surface area contributed by atoms with E-state index in [1.807, 2.05) is 12.7 Å². The molecule has 0 saturated carbocycles. The zero-order valence-corrected chi connectivity index (χ0v) is 11.1. The van der Waals surface area contributed by atoms with Gasteiger partial charge in [-0.1, -0.05) is 70.6 Å². The second-order valence-electron chi connectivity index (χ2n) is 3.95. The lowest BCUT2D eigenvalue weighted by Gasteiger charge is -2.00. The molecule has 0 fully saturated rings. The fourth-order valence-electron chi connectivity index (χ4n) is 1.59. The van der Waals surface area contributed by atoms with E-state index in [9.17, 15) is 4.79 Å². The van der Waals surface area contributed by atoms with Crippen molar-refractivity contribution >= 4 is 16.9 Å². The van der Waals surface area contributed by atoms with Crippen molar-refractivity contribution in [1.82, 2.24) is 0 Å². The summed E-state index contributed by atoms with van der Waals surface area (Å²) in [6, 6.07) is 0. The molecule has 0 unspecified atom stereocenters. The van der Waals surface area contributed by atoms with E-state index in [4.69, 9.17) is 0 Å². The maximum atomic E-state index is 11.1. The molecule has 0 N–H and O–H groups in total. The first-order valence-corrected chi connectivity index (χ1v) is 7.16. The molecule has 1 radical (unpaired) electrons. The summed E-state index contributed by atoms with van der Waals surface area (Å²) in [5.41, 5.74) is 0. The summed E-state index contributed by atoms with van der Waals surface area (Å²) in [6.45, 7) is 4.16. The molecule has 0 aliphatic carbocycles. The summed E-state index contributed by atoms with van der Waals surface area (Å²) in [4.78, 5) is 11.1. The van der Waals surface area contributed by atoms with Gasteiger partial charge in [0.2, 0.25) is 0 Å². The lowest BCUT2D eigenvalue weighted by molar-refractivity contribution is -0.111. The molecule has 1 nitrogen and oxygen atoms in total. The Hall–Kier alpha value is 0.0200. The first kappa shape index (κ1) is 15.0. The molecule has 0 aliphatic rings. The van der Waals surface area contributed by atoms with Crippen LogP contribution in [0.25, 0.3) is 0 Å². The predicted molar refractivity (Wildman–Crippen MR) is 69.8 cm³/mol. The van der Waals surface area contributed by atoms with Crippen LogP contribution in [-0.2, 0) is 4.79 Å². The minimum atomic E-state index is 0.323. The van der Waals surface area contributed by atoms with Crippen LogP contribution < -0.4 is 0 Å². The number of rotatable bonds is 10. The zero-order valence-electron chi connectivity index (χ0n) is 10.3. The molecule has 0 aromatic heterocycles. The Bertz CT molecular complexity index is 145. The summed E-state index contributed by atoms with van der Waals surface area (Å²) < 4.78 is 0. The monoisotopic (exact) mass is 229 g/mol. The van der Waals surface area contributed by atoms with Crippen LogP contribution in [-0.4, -0.2) is 5.12 Å². The maximum absolute atomic E-state index is 11.1. The molecule has 0 aromatic rings. The average molecular weight is 229 g/mol. The summed E-state index contributed by atoms with van der Waals surface area (Å²) in [7, 11) is 0. The van der Waals surface area contributed by atoms with Crippen LogP contribution in [0.4, 0.5) is 0 Å². The van der Waals surface area contributed by atoms with Gasteiger partial charge in [0, 0.05) is 12.2 Å². The van der Waals surface area contributed by atoms with E-state index < -0.39 is 0 Å². The van der Waals surface area contributed by atoms with Gasteiger partial charge in [-0.25, -0.2) is 0 Å². The standard InChI is InChI=1S/C13H25OS/c1-3-5-6-7-8-9-10-11-12-13(14)15-4-2/h4H,3,5-12H2,1-2H3. The van der Waals surface area contributed by atoms with Crippen molar-refractivity contribution in [3.05, 3.63) is 5.75 Å². The van der Waals surface area contributed by atoms with Crippen molar-refractivity contribution in [2.45, 2.75) is 71.6 Å². The van der Waals surface area contributed by atoms with E-state index >= 15 is 0 Å². The van der Waals surface area contributed by atoms with Gasteiger partial charge in [-0.3, -0.25) is 4.79 Å². The number of carbonyl (C=O) groups excluding carboxylic acids is 1. The predicted octanol–water partition coefficient (Wildman–Crippen LogP) is 4.96. The topological polar surface area (TPSA) is 17.1 Å². The Morgan fingerprint density at radius 3 is 2.07 bits per heavy atom. The van der Waals surface area contributed by atoms with Gasteiger partial charge in [0.05, 0.1) is 0 Å². The highest BCUT2D eigenvalue weighted by Crippen LogP contribution is 2.14. The molecule has 0 rings (SSSR count). The molecular weight excluding hydrogens is 204 g/mol. The second kappa shape index (κ2) is 12.1. The number of thioether (sulfide) groups is 1.